The molecule has 0 aliphatic rings. The first kappa shape index (κ1) is 15.5. The lowest BCUT2D eigenvalue weighted by atomic mass is 10.1. The minimum atomic E-state index is 0.624. The Morgan fingerprint density at radius 2 is 1.72 bits per heavy atom. The van der Waals surface area contributed by atoms with Crippen LogP contribution in [0.1, 0.15) is 36.5 Å². The quantitative estimate of drug-likeness (QED) is 0.523. The number of halogens is 1. The Kier molecular flexibility index (Phi) is 7.36. The van der Waals surface area contributed by atoms with Gasteiger partial charge in [0.1, 0.15) is 12.4 Å². The SMILES string of the molecule is CCCCOCCOc1c(C)cc(CBr)cc1C. The molecule has 1 rings (SSSR count). The van der Waals surface area contributed by atoms with E-state index < -0.39 is 0 Å². The summed E-state index contributed by atoms with van der Waals surface area (Å²) in [7, 11) is 0. The van der Waals surface area contributed by atoms with Gasteiger partial charge in [-0.2, -0.15) is 0 Å². The highest BCUT2D eigenvalue weighted by Crippen LogP contribution is 2.25. The van der Waals surface area contributed by atoms with Crippen LogP contribution >= 0.6 is 15.9 Å². The van der Waals surface area contributed by atoms with Crippen LogP contribution in [-0.4, -0.2) is 19.8 Å². The van der Waals surface area contributed by atoms with Crippen molar-refractivity contribution in [1.29, 1.82) is 0 Å². The molecule has 102 valence electrons. The molecular formula is C15H23BrO2. The van der Waals surface area contributed by atoms with E-state index in [0.717, 1.165) is 24.1 Å². The summed E-state index contributed by atoms with van der Waals surface area (Å²) in [5.74, 6) is 0.999. The number of unbranched alkanes of at least 4 members (excludes halogenated alkanes) is 1. The maximum atomic E-state index is 5.81. The van der Waals surface area contributed by atoms with Gasteiger partial charge in [0.25, 0.3) is 0 Å². The maximum absolute atomic E-state index is 5.81. The number of hydrogen-bond donors (Lipinski definition) is 0. The van der Waals surface area contributed by atoms with E-state index >= 15 is 0 Å². The van der Waals surface area contributed by atoms with Crippen LogP contribution in [0.3, 0.4) is 0 Å². The Morgan fingerprint density at radius 3 is 2.28 bits per heavy atom. The van der Waals surface area contributed by atoms with Crippen molar-refractivity contribution in [3.63, 3.8) is 0 Å². The highest BCUT2D eigenvalue weighted by Gasteiger charge is 2.05. The Hall–Kier alpha value is -0.540. The van der Waals surface area contributed by atoms with E-state index in [0.29, 0.717) is 13.2 Å². The second-order valence-corrected chi connectivity index (χ2v) is 5.07. The molecule has 0 saturated carbocycles. The predicted octanol–water partition coefficient (Wildman–Crippen LogP) is 4.39. The summed E-state index contributed by atoms with van der Waals surface area (Å²) < 4.78 is 11.3. The largest absolute Gasteiger partial charge is 0.491 e. The van der Waals surface area contributed by atoms with Crippen molar-refractivity contribution < 1.29 is 9.47 Å². The number of hydrogen-bond acceptors (Lipinski definition) is 2. The van der Waals surface area contributed by atoms with Gasteiger partial charge in [0, 0.05) is 11.9 Å². The maximum Gasteiger partial charge on any atom is 0.125 e. The zero-order valence-corrected chi connectivity index (χ0v) is 13.2. The summed E-state index contributed by atoms with van der Waals surface area (Å²) in [4.78, 5) is 0. The average Bonchev–Trinajstić information content (AvgIpc) is 2.35. The fourth-order valence-corrected chi connectivity index (χ4v) is 2.22. The van der Waals surface area contributed by atoms with E-state index in [2.05, 4.69) is 48.8 Å². The van der Waals surface area contributed by atoms with E-state index in [1.807, 2.05) is 0 Å². The smallest absolute Gasteiger partial charge is 0.125 e. The normalized spacial score (nSPS) is 10.7. The fraction of sp³-hybridized carbons (Fsp3) is 0.600. The molecule has 0 fully saturated rings. The molecule has 0 atom stereocenters. The van der Waals surface area contributed by atoms with Gasteiger partial charge in [-0.15, -0.1) is 0 Å². The third-order valence-corrected chi connectivity index (χ3v) is 3.44. The Labute approximate surface area is 119 Å². The minimum Gasteiger partial charge on any atom is -0.491 e. The molecule has 0 N–H and O–H groups in total. The lowest BCUT2D eigenvalue weighted by molar-refractivity contribution is 0.0976. The topological polar surface area (TPSA) is 18.5 Å². The molecule has 3 heteroatoms. The number of ether oxygens (including phenoxy) is 2. The van der Waals surface area contributed by atoms with Gasteiger partial charge in [0.2, 0.25) is 0 Å². The van der Waals surface area contributed by atoms with E-state index in [1.165, 1.54) is 23.1 Å². The molecule has 18 heavy (non-hydrogen) atoms. The lowest BCUT2D eigenvalue weighted by Crippen LogP contribution is -2.09. The van der Waals surface area contributed by atoms with Crippen molar-refractivity contribution in [1.82, 2.24) is 0 Å². The molecule has 1 aromatic carbocycles. The zero-order valence-electron chi connectivity index (χ0n) is 11.6. The molecule has 0 aliphatic carbocycles. The molecule has 2 nitrogen and oxygen atoms in total. The number of aryl methyl sites for hydroxylation is 2. The molecule has 0 spiro atoms. The molecule has 0 radical (unpaired) electrons. The van der Waals surface area contributed by atoms with Crippen LogP contribution in [0.25, 0.3) is 0 Å². The van der Waals surface area contributed by atoms with Crippen LogP contribution in [0.4, 0.5) is 0 Å². The van der Waals surface area contributed by atoms with Gasteiger partial charge < -0.3 is 9.47 Å². The van der Waals surface area contributed by atoms with Gasteiger partial charge >= 0.3 is 0 Å². The Bertz CT molecular complexity index is 341. The summed E-state index contributed by atoms with van der Waals surface area (Å²) >= 11 is 3.48. The van der Waals surface area contributed by atoms with Crippen LogP contribution in [0.2, 0.25) is 0 Å². The van der Waals surface area contributed by atoms with Gasteiger partial charge in [0.05, 0.1) is 6.61 Å². The summed E-state index contributed by atoms with van der Waals surface area (Å²) in [6.07, 6.45) is 2.30. The van der Waals surface area contributed by atoms with Crippen LogP contribution in [0.15, 0.2) is 12.1 Å². The van der Waals surface area contributed by atoms with E-state index in [1.54, 1.807) is 0 Å². The first-order chi connectivity index (χ1) is 8.69. The van der Waals surface area contributed by atoms with Gasteiger partial charge in [-0.1, -0.05) is 41.4 Å². The molecule has 0 bridgehead atoms. The monoisotopic (exact) mass is 314 g/mol. The van der Waals surface area contributed by atoms with Crippen molar-refractivity contribution >= 4 is 15.9 Å². The van der Waals surface area contributed by atoms with E-state index in [-0.39, 0.29) is 0 Å². The predicted molar refractivity (Wildman–Crippen MR) is 79.8 cm³/mol. The molecule has 0 unspecified atom stereocenters. The molecule has 0 heterocycles. The summed E-state index contributed by atoms with van der Waals surface area (Å²) in [6, 6.07) is 4.32. The van der Waals surface area contributed by atoms with Crippen LogP contribution in [0, 0.1) is 13.8 Å². The van der Waals surface area contributed by atoms with Crippen molar-refractivity contribution in [3.05, 3.63) is 28.8 Å². The third kappa shape index (κ3) is 4.99. The number of benzene rings is 1. The van der Waals surface area contributed by atoms with E-state index in [4.69, 9.17) is 9.47 Å². The van der Waals surface area contributed by atoms with E-state index in [9.17, 15) is 0 Å². The van der Waals surface area contributed by atoms with Crippen LogP contribution < -0.4 is 4.74 Å². The number of alkyl halides is 1. The minimum absolute atomic E-state index is 0.624. The summed E-state index contributed by atoms with van der Waals surface area (Å²) in [5.41, 5.74) is 3.67. The van der Waals surface area contributed by atoms with Crippen molar-refractivity contribution in [2.75, 3.05) is 19.8 Å². The third-order valence-electron chi connectivity index (χ3n) is 2.79. The Morgan fingerprint density at radius 1 is 1.06 bits per heavy atom. The van der Waals surface area contributed by atoms with Crippen molar-refractivity contribution in [2.45, 2.75) is 38.9 Å². The lowest BCUT2D eigenvalue weighted by Gasteiger charge is -2.13. The Balaban J connectivity index is 2.42. The molecule has 0 aliphatic heterocycles. The first-order valence-electron chi connectivity index (χ1n) is 6.55. The van der Waals surface area contributed by atoms with Gasteiger partial charge in [-0.3, -0.25) is 0 Å². The zero-order chi connectivity index (χ0) is 13.4. The molecular weight excluding hydrogens is 292 g/mol. The van der Waals surface area contributed by atoms with Crippen molar-refractivity contribution in [3.8, 4) is 5.75 Å². The number of rotatable bonds is 8. The molecule has 0 saturated heterocycles. The highest BCUT2D eigenvalue weighted by molar-refractivity contribution is 9.08. The fourth-order valence-electron chi connectivity index (χ4n) is 1.90. The average molecular weight is 315 g/mol. The molecule has 1 aromatic rings. The van der Waals surface area contributed by atoms with Gasteiger partial charge in [-0.05, 0) is 37.0 Å². The molecule has 0 aromatic heterocycles. The standard InChI is InChI=1S/C15H23BrO2/c1-4-5-6-17-7-8-18-15-12(2)9-14(11-16)10-13(15)3/h9-10H,4-8,11H2,1-3H3. The summed E-state index contributed by atoms with van der Waals surface area (Å²) in [6.45, 7) is 8.47. The highest BCUT2D eigenvalue weighted by atomic mass is 79.9. The van der Waals surface area contributed by atoms with Crippen LogP contribution in [-0.2, 0) is 10.1 Å². The summed E-state index contributed by atoms with van der Waals surface area (Å²) in [5, 5.41) is 0.884. The second-order valence-electron chi connectivity index (χ2n) is 4.51. The van der Waals surface area contributed by atoms with Crippen molar-refractivity contribution in [2.24, 2.45) is 0 Å². The molecule has 0 amide bonds. The first-order valence-corrected chi connectivity index (χ1v) is 7.67. The van der Waals surface area contributed by atoms with Gasteiger partial charge in [0.15, 0.2) is 0 Å². The van der Waals surface area contributed by atoms with Crippen LogP contribution in [0.5, 0.6) is 5.75 Å². The van der Waals surface area contributed by atoms with Gasteiger partial charge in [-0.25, -0.2) is 0 Å². The second kappa shape index (κ2) is 8.54.